The van der Waals surface area contributed by atoms with Crippen LogP contribution in [0.25, 0.3) is 0 Å². The molecule has 0 aliphatic rings. The molecule has 22 heavy (non-hydrogen) atoms. The average molecular weight is 300 g/mol. The third-order valence-electron chi connectivity index (χ3n) is 3.42. The number of pyridine rings is 1. The topological polar surface area (TPSA) is 57.4 Å². The lowest BCUT2D eigenvalue weighted by atomic mass is 10.1. The van der Waals surface area contributed by atoms with E-state index in [1.807, 2.05) is 55.5 Å². The molecule has 0 aliphatic heterocycles. The van der Waals surface area contributed by atoms with Crippen LogP contribution < -0.4 is 5.73 Å². The molecular formula is C18H24N2O2. The largest absolute Gasteiger partial charge is 0.374 e. The van der Waals surface area contributed by atoms with Gasteiger partial charge < -0.3 is 15.2 Å². The summed E-state index contributed by atoms with van der Waals surface area (Å²) in [4.78, 5) is 4.31. The highest BCUT2D eigenvalue weighted by Crippen LogP contribution is 2.08. The van der Waals surface area contributed by atoms with Crippen molar-refractivity contribution in [1.82, 2.24) is 4.98 Å². The lowest BCUT2D eigenvalue weighted by molar-refractivity contribution is -0.0291. The van der Waals surface area contributed by atoms with Crippen LogP contribution in [-0.4, -0.2) is 30.3 Å². The Hall–Kier alpha value is -1.75. The van der Waals surface area contributed by atoms with Crippen molar-refractivity contribution < 1.29 is 9.47 Å². The van der Waals surface area contributed by atoms with Gasteiger partial charge >= 0.3 is 0 Å². The van der Waals surface area contributed by atoms with E-state index in [-0.39, 0.29) is 12.1 Å². The summed E-state index contributed by atoms with van der Waals surface area (Å²) in [6.45, 7) is 3.64. The third-order valence-corrected chi connectivity index (χ3v) is 3.42. The molecule has 0 saturated carbocycles. The van der Waals surface area contributed by atoms with E-state index in [0.29, 0.717) is 26.2 Å². The first kappa shape index (κ1) is 16.6. The number of ether oxygens (including phenoxy) is 2. The standard InChI is InChI=1S/C18H24N2O2/c1-2-22-18(14-21-13-15-8-4-3-5-9-15)17(19)12-16-10-6-7-11-20-16/h3-11,17-18H,2,12-14,19H2,1H3/t17-,18-/m1/s1. The first-order valence-corrected chi connectivity index (χ1v) is 7.68. The Labute approximate surface area is 132 Å². The van der Waals surface area contributed by atoms with Crippen LogP contribution in [0.3, 0.4) is 0 Å². The molecule has 0 saturated heterocycles. The number of nitrogens with two attached hydrogens (primary N) is 1. The number of aromatic nitrogens is 1. The van der Waals surface area contributed by atoms with Crippen LogP contribution in [-0.2, 0) is 22.5 Å². The summed E-state index contributed by atoms with van der Waals surface area (Å²) < 4.78 is 11.5. The lowest BCUT2D eigenvalue weighted by Gasteiger charge is -2.23. The maximum absolute atomic E-state index is 6.27. The summed E-state index contributed by atoms with van der Waals surface area (Å²) in [5.74, 6) is 0. The molecule has 2 aromatic rings. The molecule has 1 aromatic heterocycles. The van der Waals surface area contributed by atoms with Gasteiger partial charge in [0.1, 0.15) is 0 Å². The summed E-state index contributed by atoms with van der Waals surface area (Å²) >= 11 is 0. The normalized spacial score (nSPS) is 13.7. The number of hydrogen-bond acceptors (Lipinski definition) is 4. The van der Waals surface area contributed by atoms with Gasteiger partial charge in [0, 0.05) is 31.0 Å². The Morgan fingerprint density at radius 3 is 2.55 bits per heavy atom. The van der Waals surface area contributed by atoms with Gasteiger partial charge in [-0.2, -0.15) is 0 Å². The fourth-order valence-corrected chi connectivity index (χ4v) is 2.27. The predicted octanol–water partition coefficient (Wildman–Crippen LogP) is 2.57. The predicted molar refractivity (Wildman–Crippen MR) is 87.4 cm³/mol. The fourth-order valence-electron chi connectivity index (χ4n) is 2.27. The van der Waals surface area contributed by atoms with Gasteiger partial charge in [-0.3, -0.25) is 4.98 Å². The van der Waals surface area contributed by atoms with Gasteiger partial charge in [-0.1, -0.05) is 36.4 Å². The summed E-state index contributed by atoms with van der Waals surface area (Å²) in [6.07, 6.45) is 2.33. The van der Waals surface area contributed by atoms with Crippen molar-refractivity contribution in [3.05, 3.63) is 66.0 Å². The zero-order valence-corrected chi connectivity index (χ0v) is 13.0. The Morgan fingerprint density at radius 1 is 1.09 bits per heavy atom. The van der Waals surface area contributed by atoms with Gasteiger partial charge in [-0.15, -0.1) is 0 Å². The van der Waals surface area contributed by atoms with E-state index < -0.39 is 0 Å². The van der Waals surface area contributed by atoms with E-state index in [2.05, 4.69) is 4.98 Å². The molecule has 2 rings (SSSR count). The van der Waals surface area contributed by atoms with E-state index in [1.54, 1.807) is 6.20 Å². The van der Waals surface area contributed by atoms with Crippen molar-refractivity contribution in [2.45, 2.75) is 32.1 Å². The van der Waals surface area contributed by atoms with Gasteiger partial charge in [-0.05, 0) is 24.6 Å². The maximum Gasteiger partial charge on any atom is 0.0962 e. The van der Waals surface area contributed by atoms with Crippen molar-refractivity contribution in [3.63, 3.8) is 0 Å². The molecule has 1 heterocycles. The number of nitrogens with zero attached hydrogens (tertiary/aromatic N) is 1. The van der Waals surface area contributed by atoms with Crippen LogP contribution in [0.2, 0.25) is 0 Å². The van der Waals surface area contributed by atoms with Crippen molar-refractivity contribution in [2.75, 3.05) is 13.2 Å². The molecule has 2 atom stereocenters. The molecule has 0 radical (unpaired) electrons. The van der Waals surface area contributed by atoms with Crippen molar-refractivity contribution >= 4 is 0 Å². The minimum Gasteiger partial charge on any atom is -0.374 e. The third kappa shape index (κ3) is 5.56. The Bertz CT molecular complexity index is 519. The molecule has 0 amide bonds. The average Bonchev–Trinajstić information content (AvgIpc) is 2.56. The highest BCUT2D eigenvalue weighted by atomic mass is 16.5. The van der Waals surface area contributed by atoms with Gasteiger partial charge in [-0.25, -0.2) is 0 Å². The number of hydrogen-bond donors (Lipinski definition) is 1. The SMILES string of the molecule is CCO[C@H](COCc1ccccc1)[C@H](N)Cc1ccccn1. The zero-order chi connectivity index (χ0) is 15.6. The molecular weight excluding hydrogens is 276 g/mol. The van der Waals surface area contributed by atoms with Crippen LogP contribution >= 0.6 is 0 Å². The molecule has 4 heteroatoms. The van der Waals surface area contributed by atoms with E-state index in [9.17, 15) is 0 Å². The van der Waals surface area contributed by atoms with Crippen LogP contribution in [0.15, 0.2) is 54.7 Å². The maximum atomic E-state index is 6.27. The molecule has 0 unspecified atom stereocenters. The summed E-state index contributed by atoms with van der Waals surface area (Å²) in [5.41, 5.74) is 8.39. The van der Waals surface area contributed by atoms with Gasteiger partial charge in [0.05, 0.1) is 19.3 Å². The number of benzene rings is 1. The van der Waals surface area contributed by atoms with Crippen molar-refractivity contribution in [1.29, 1.82) is 0 Å². The monoisotopic (exact) mass is 300 g/mol. The van der Waals surface area contributed by atoms with E-state index in [0.717, 1.165) is 11.3 Å². The van der Waals surface area contributed by atoms with Gasteiger partial charge in [0.15, 0.2) is 0 Å². The zero-order valence-electron chi connectivity index (χ0n) is 13.0. The Morgan fingerprint density at radius 2 is 1.86 bits per heavy atom. The van der Waals surface area contributed by atoms with E-state index in [4.69, 9.17) is 15.2 Å². The second-order valence-corrected chi connectivity index (χ2v) is 5.18. The van der Waals surface area contributed by atoms with Crippen LogP contribution in [0, 0.1) is 0 Å². The molecule has 4 nitrogen and oxygen atoms in total. The van der Waals surface area contributed by atoms with Gasteiger partial charge in [0.2, 0.25) is 0 Å². The van der Waals surface area contributed by atoms with Crippen LogP contribution in [0.1, 0.15) is 18.2 Å². The molecule has 0 spiro atoms. The Balaban J connectivity index is 1.83. The van der Waals surface area contributed by atoms with Crippen molar-refractivity contribution in [3.8, 4) is 0 Å². The minimum absolute atomic E-state index is 0.129. The molecule has 1 aromatic carbocycles. The molecule has 118 valence electrons. The first-order chi connectivity index (χ1) is 10.8. The highest BCUT2D eigenvalue weighted by Gasteiger charge is 2.19. The smallest absolute Gasteiger partial charge is 0.0962 e. The first-order valence-electron chi connectivity index (χ1n) is 7.68. The van der Waals surface area contributed by atoms with Crippen LogP contribution in [0.5, 0.6) is 0 Å². The highest BCUT2D eigenvalue weighted by molar-refractivity contribution is 5.13. The Kier molecular flexibility index (Phi) is 7.03. The second kappa shape index (κ2) is 9.30. The fraction of sp³-hybridized carbons (Fsp3) is 0.389. The minimum atomic E-state index is -0.134. The lowest BCUT2D eigenvalue weighted by Crippen LogP contribution is -2.42. The molecule has 0 fully saturated rings. The van der Waals surface area contributed by atoms with E-state index >= 15 is 0 Å². The molecule has 0 aliphatic carbocycles. The summed E-state index contributed by atoms with van der Waals surface area (Å²) in [7, 11) is 0. The van der Waals surface area contributed by atoms with Crippen LogP contribution in [0.4, 0.5) is 0 Å². The second-order valence-electron chi connectivity index (χ2n) is 5.18. The van der Waals surface area contributed by atoms with Crippen molar-refractivity contribution in [2.24, 2.45) is 5.73 Å². The van der Waals surface area contributed by atoms with Gasteiger partial charge in [0.25, 0.3) is 0 Å². The molecule has 0 bridgehead atoms. The number of rotatable bonds is 9. The quantitative estimate of drug-likeness (QED) is 0.773. The summed E-state index contributed by atoms with van der Waals surface area (Å²) in [5, 5.41) is 0. The summed E-state index contributed by atoms with van der Waals surface area (Å²) in [6, 6.07) is 15.8. The molecule has 2 N–H and O–H groups in total. The van der Waals surface area contributed by atoms with E-state index in [1.165, 1.54) is 0 Å².